The van der Waals surface area contributed by atoms with E-state index in [9.17, 15) is 0 Å². The van der Waals surface area contributed by atoms with Crippen LogP contribution in [0.4, 0.5) is 5.82 Å². The van der Waals surface area contributed by atoms with Crippen LogP contribution in [0.5, 0.6) is 0 Å². The van der Waals surface area contributed by atoms with Crippen LogP contribution in [-0.2, 0) is 0 Å². The van der Waals surface area contributed by atoms with E-state index in [1.165, 1.54) is 0 Å². The number of anilines is 1. The monoisotopic (exact) mass is 222 g/mol. The molecule has 0 radical (unpaired) electrons. The number of rotatable bonds is 6. The fourth-order valence-electron chi connectivity index (χ4n) is 1.77. The Morgan fingerprint density at radius 1 is 1.31 bits per heavy atom. The van der Waals surface area contributed by atoms with Gasteiger partial charge in [-0.3, -0.25) is 4.98 Å². The Labute approximate surface area is 98.1 Å². The van der Waals surface area contributed by atoms with E-state index in [-0.39, 0.29) is 0 Å². The van der Waals surface area contributed by atoms with Crippen molar-refractivity contribution in [2.24, 2.45) is 5.92 Å². The van der Waals surface area contributed by atoms with E-state index >= 15 is 0 Å². The van der Waals surface area contributed by atoms with E-state index in [0.717, 1.165) is 18.8 Å². The van der Waals surface area contributed by atoms with Gasteiger partial charge in [-0.15, -0.1) is 0 Å². The third kappa shape index (κ3) is 5.07. The maximum atomic E-state index is 4.24. The van der Waals surface area contributed by atoms with Crippen LogP contribution in [0.15, 0.2) is 18.6 Å². The zero-order valence-electron chi connectivity index (χ0n) is 10.6. The fourth-order valence-corrected chi connectivity index (χ4v) is 1.77. The smallest absolute Gasteiger partial charge is 0.144 e. The maximum Gasteiger partial charge on any atom is 0.144 e. The van der Waals surface area contributed by atoms with Crippen molar-refractivity contribution in [3.63, 3.8) is 0 Å². The van der Waals surface area contributed by atoms with Crippen molar-refractivity contribution in [2.75, 3.05) is 26.0 Å². The molecule has 1 N–H and O–H groups in total. The molecule has 0 aromatic carbocycles. The Hall–Kier alpha value is -1.16. The highest BCUT2D eigenvalue weighted by Gasteiger charge is 2.12. The molecule has 1 aromatic heterocycles. The topological polar surface area (TPSA) is 41.0 Å². The molecule has 0 amide bonds. The Bertz CT molecular complexity index is 274. The quantitative estimate of drug-likeness (QED) is 0.797. The van der Waals surface area contributed by atoms with Gasteiger partial charge in [0.15, 0.2) is 0 Å². The second kappa shape index (κ2) is 6.43. The first-order valence-corrected chi connectivity index (χ1v) is 5.75. The summed E-state index contributed by atoms with van der Waals surface area (Å²) in [6.07, 6.45) is 6.30. The van der Waals surface area contributed by atoms with Gasteiger partial charge >= 0.3 is 0 Å². The van der Waals surface area contributed by atoms with Crippen molar-refractivity contribution in [3.05, 3.63) is 18.6 Å². The summed E-state index contributed by atoms with van der Waals surface area (Å²) in [4.78, 5) is 10.5. The van der Waals surface area contributed by atoms with E-state index in [2.05, 4.69) is 48.1 Å². The second-order valence-electron chi connectivity index (χ2n) is 4.82. The Kier molecular flexibility index (Phi) is 5.19. The molecule has 0 bridgehead atoms. The predicted molar refractivity (Wildman–Crippen MR) is 67.5 cm³/mol. The lowest BCUT2D eigenvalue weighted by Gasteiger charge is -2.24. The first-order chi connectivity index (χ1) is 7.58. The molecular weight excluding hydrogens is 200 g/mol. The average molecular weight is 222 g/mol. The number of aromatic nitrogens is 2. The zero-order valence-corrected chi connectivity index (χ0v) is 10.6. The van der Waals surface area contributed by atoms with Crippen molar-refractivity contribution < 1.29 is 0 Å². The van der Waals surface area contributed by atoms with Crippen LogP contribution < -0.4 is 5.32 Å². The highest BCUT2D eigenvalue weighted by atomic mass is 15.1. The second-order valence-corrected chi connectivity index (χ2v) is 4.82. The molecule has 1 aromatic rings. The standard InChI is InChI=1S/C12H22N4/c1-10(2)7-11(9-16(3)4)15-12-8-13-5-6-14-12/h5-6,8,10-11H,7,9H2,1-4H3,(H,14,15). The van der Waals surface area contributed by atoms with Gasteiger partial charge in [0, 0.05) is 25.0 Å². The number of hydrogen-bond acceptors (Lipinski definition) is 4. The van der Waals surface area contributed by atoms with Crippen molar-refractivity contribution in [2.45, 2.75) is 26.3 Å². The lowest BCUT2D eigenvalue weighted by molar-refractivity contribution is 0.356. The molecule has 90 valence electrons. The molecular formula is C12H22N4. The van der Waals surface area contributed by atoms with Crippen molar-refractivity contribution >= 4 is 5.82 Å². The van der Waals surface area contributed by atoms with Crippen LogP contribution >= 0.6 is 0 Å². The minimum absolute atomic E-state index is 0.423. The SMILES string of the molecule is CC(C)CC(CN(C)C)Nc1cnccn1. The number of likely N-dealkylation sites (N-methyl/N-ethyl adjacent to an activating group) is 1. The summed E-state index contributed by atoms with van der Waals surface area (Å²) in [5.41, 5.74) is 0. The van der Waals surface area contributed by atoms with Crippen LogP contribution in [0.2, 0.25) is 0 Å². The van der Waals surface area contributed by atoms with E-state index < -0.39 is 0 Å². The molecule has 4 heteroatoms. The molecule has 4 nitrogen and oxygen atoms in total. The van der Waals surface area contributed by atoms with Gasteiger partial charge in [-0.05, 0) is 26.4 Å². The average Bonchev–Trinajstić information content (AvgIpc) is 2.16. The van der Waals surface area contributed by atoms with Crippen molar-refractivity contribution in [1.82, 2.24) is 14.9 Å². The molecule has 1 atom stereocenters. The third-order valence-electron chi connectivity index (χ3n) is 2.26. The summed E-state index contributed by atoms with van der Waals surface area (Å²) in [5, 5.41) is 3.43. The van der Waals surface area contributed by atoms with Gasteiger partial charge in [0.1, 0.15) is 5.82 Å². The zero-order chi connectivity index (χ0) is 12.0. The molecule has 16 heavy (non-hydrogen) atoms. The summed E-state index contributed by atoms with van der Waals surface area (Å²) in [6.45, 7) is 5.48. The minimum atomic E-state index is 0.423. The summed E-state index contributed by atoms with van der Waals surface area (Å²) >= 11 is 0. The minimum Gasteiger partial charge on any atom is -0.365 e. The molecule has 1 rings (SSSR count). The first-order valence-electron chi connectivity index (χ1n) is 5.75. The van der Waals surface area contributed by atoms with E-state index in [1.54, 1.807) is 18.6 Å². The van der Waals surface area contributed by atoms with Gasteiger partial charge in [-0.2, -0.15) is 0 Å². The van der Waals surface area contributed by atoms with Gasteiger partial charge < -0.3 is 10.2 Å². The molecule has 0 aliphatic rings. The Morgan fingerprint density at radius 3 is 2.56 bits per heavy atom. The van der Waals surface area contributed by atoms with Crippen molar-refractivity contribution in [1.29, 1.82) is 0 Å². The van der Waals surface area contributed by atoms with Crippen LogP contribution in [0, 0.1) is 5.92 Å². The molecule has 0 spiro atoms. The van der Waals surface area contributed by atoms with Crippen LogP contribution in [0.3, 0.4) is 0 Å². The molecule has 1 heterocycles. The van der Waals surface area contributed by atoms with Gasteiger partial charge in [-0.25, -0.2) is 4.98 Å². The summed E-state index contributed by atoms with van der Waals surface area (Å²) in [6, 6.07) is 0.423. The van der Waals surface area contributed by atoms with Gasteiger partial charge in [0.25, 0.3) is 0 Å². The van der Waals surface area contributed by atoms with E-state index in [1.807, 2.05) is 0 Å². The number of nitrogens with zero attached hydrogens (tertiary/aromatic N) is 3. The molecule has 0 fully saturated rings. The van der Waals surface area contributed by atoms with Crippen LogP contribution in [0.1, 0.15) is 20.3 Å². The summed E-state index contributed by atoms with van der Waals surface area (Å²) < 4.78 is 0. The first kappa shape index (κ1) is 12.9. The Balaban J connectivity index is 2.56. The lowest BCUT2D eigenvalue weighted by atomic mass is 10.0. The molecule has 0 saturated carbocycles. The fraction of sp³-hybridized carbons (Fsp3) is 0.667. The van der Waals surface area contributed by atoms with Crippen molar-refractivity contribution in [3.8, 4) is 0 Å². The van der Waals surface area contributed by atoms with Crippen LogP contribution in [-0.4, -0.2) is 41.5 Å². The summed E-state index contributed by atoms with van der Waals surface area (Å²) in [7, 11) is 4.18. The maximum absolute atomic E-state index is 4.24. The highest BCUT2D eigenvalue weighted by molar-refractivity contribution is 5.31. The van der Waals surface area contributed by atoms with Gasteiger partial charge in [-0.1, -0.05) is 13.8 Å². The predicted octanol–water partition coefficient (Wildman–Crippen LogP) is 1.86. The molecule has 0 saturated heterocycles. The summed E-state index contributed by atoms with van der Waals surface area (Å²) in [5.74, 6) is 1.53. The molecule has 0 aliphatic heterocycles. The molecule has 0 aliphatic carbocycles. The molecule has 1 unspecified atom stereocenters. The number of hydrogen-bond donors (Lipinski definition) is 1. The third-order valence-corrected chi connectivity index (χ3v) is 2.26. The van der Waals surface area contributed by atoms with E-state index in [4.69, 9.17) is 0 Å². The van der Waals surface area contributed by atoms with Gasteiger partial charge in [0.05, 0.1) is 6.20 Å². The number of nitrogens with one attached hydrogen (secondary N) is 1. The highest BCUT2D eigenvalue weighted by Crippen LogP contribution is 2.10. The van der Waals surface area contributed by atoms with Gasteiger partial charge in [0.2, 0.25) is 0 Å². The Morgan fingerprint density at radius 2 is 2.06 bits per heavy atom. The van der Waals surface area contributed by atoms with Crippen LogP contribution in [0.25, 0.3) is 0 Å². The normalized spacial score (nSPS) is 13.1. The lowest BCUT2D eigenvalue weighted by Crippen LogP contribution is -2.33. The largest absolute Gasteiger partial charge is 0.365 e. The van der Waals surface area contributed by atoms with E-state index in [0.29, 0.717) is 12.0 Å².